The molecule has 1 heterocycles. The number of halogens is 1. The summed E-state index contributed by atoms with van der Waals surface area (Å²) in [6, 6.07) is 13.3. The lowest BCUT2D eigenvalue weighted by atomic mass is 10.2. The topological polar surface area (TPSA) is 105 Å². The van der Waals surface area contributed by atoms with Crippen molar-refractivity contribution >= 4 is 57.4 Å². The molecule has 0 aromatic heterocycles. The number of benzene rings is 2. The molecule has 2 aromatic rings. The second-order valence-corrected chi connectivity index (χ2v) is 8.53. The van der Waals surface area contributed by atoms with Crippen LogP contribution in [0.25, 0.3) is 0 Å². The van der Waals surface area contributed by atoms with E-state index >= 15 is 0 Å². The molecule has 30 heavy (non-hydrogen) atoms. The summed E-state index contributed by atoms with van der Waals surface area (Å²) in [7, 11) is 0. The normalized spacial score (nSPS) is 19.9. The van der Waals surface area contributed by atoms with Crippen LogP contribution in [-0.4, -0.2) is 38.1 Å². The van der Waals surface area contributed by atoms with Gasteiger partial charge in [-0.3, -0.25) is 24.6 Å². The largest absolute Gasteiger partial charge is 0.325 e. The lowest BCUT2D eigenvalue weighted by Crippen LogP contribution is -2.35. The number of carbonyl (C=O) groups excluding carboxylic acids is 2. The number of para-hydroxylation sites is 1. The van der Waals surface area contributed by atoms with Crippen LogP contribution in [0.4, 0.5) is 17.1 Å². The standard InChI is InChI=1S/C20H17ClN4O4S/c21-15-9-8-14(25(28)29)10-16(15)23-18(26)11-17-19(27)24(13-6-7-13)20(30-17)22-12-4-2-1-3-5-12/h1-5,8-10,13,17H,6-7,11H2,(H,23,26). The lowest BCUT2D eigenvalue weighted by Gasteiger charge is -2.15. The van der Waals surface area contributed by atoms with Gasteiger partial charge in [-0.1, -0.05) is 41.6 Å². The Labute approximate surface area is 181 Å². The summed E-state index contributed by atoms with van der Waals surface area (Å²) < 4.78 is 0. The minimum atomic E-state index is -0.606. The molecule has 1 N–H and O–H groups in total. The van der Waals surface area contributed by atoms with Gasteiger partial charge >= 0.3 is 0 Å². The van der Waals surface area contributed by atoms with E-state index < -0.39 is 16.1 Å². The van der Waals surface area contributed by atoms with Crippen LogP contribution in [0.3, 0.4) is 0 Å². The Bertz CT molecular complexity index is 1040. The Hall–Kier alpha value is -2.91. The highest BCUT2D eigenvalue weighted by molar-refractivity contribution is 8.15. The van der Waals surface area contributed by atoms with E-state index in [4.69, 9.17) is 11.6 Å². The molecule has 8 nitrogen and oxygen atoms in total. The van der Waals surface area contributed by atoms with Crippen molar-refractivity contribution in [2.45, 2.75) is 30.6 Å². The molecule has 2 amide bonds. The monoisotopic (exact) mass is 444 g/mol. The molecule has 0 radical (unpaired) electrons. The number of aliphatic imine (C=N–C) groups is 1. The van der Waals surface area contributed by atoms with Gasteiger partial charge < -0.3 is 5.32 Å². The summed E-state index contributed by atoms with van der Waals surface area (Å²) in [6.45, 7) is 0. The summed E-state index contributed by atoms with van der Waals surface area (Å²) >= 11 is 7.31. The van der Waals surface area contributed by atoms with Crippen LogP contribution in [0.5, 0.6) is 0 Å². The van der Waals surface area contributed by atoms with E-state index in [9.17, 15) is 19.7 Å². The SMILES string of the molecule is O=C(CC1SC(=Nc2ccccc2)N(C2CC2)C1=O)Nc1cc([N+](=O)[O-])ccc1Cl. The van der Waals surface area contributed by atoms with Crippen LogP contribution in [0.1, 0.15) is 19.3 Å². The van der Waals surface area contributed by atoms with Gasteiger partial charge in [0.05, 0.1) is 21.3 Å². The number of nitro benzene ring substituents is 1. The van der Waals surface area contributed by atoms with Crippen molar-refractivity contribution < 1.29 is 14.5 Å². The van der Waals surface area contributed by atoms with Gasteiger partial charge in [0, 0.05) is 24.6 Å². The first-order valence-corrected chi connectivity index (χ1v) is 10.6. The molecule has 1 aliphatic carbocycles. The molecule has 154 valence electrons. The summed E-state index contributed by atoms with van der Waals surface area (Å²) in [5.41, 5.74) is 0.702. The smallest absolute Gasteiger partial charge is 0.271 e. The van der Waals surface area contributed by atoms with E-state index in [0.29, 0.717) is 5.17 Å². The number of nitrogens with zero attached hydrogens (tertiary/aromatic N) is 3. The lowest BCUT2D eigenvalue weighted by molar-refractivity contribution is -0.384. The Kier molecular flexibility index (Phi) is 5.74. The van der Waals surface area contributed by atoms with Gasteiger partial charge in [0.2, 0.25) is 11.8 Å². The van der Waals surface area contributed by atoms with E-state index in [1.807, 2.05) is 30.3 Å². The average molecular weight is 445 g/mol. The third-order valence-corrected chi connectivity index (χ3v) is 6.15. The zero-order valence-electron chi connectivity index (χ0n) is 15.7. The van der Waals surface area contributed by atoms with Crippen molar-refractivity contribution in [3.8, 4) is 0 Å². The maximum absolute atomic E-state index is 12.9. The zero-order chi connectivity index (χ0) is 21.3. The van der Waals surface area contributed by atoms with Crippen LogP contribution in [0, 0.1) is 10.1 Å². The number of anilines is 1. The number of rotatable bonds is 6. The minimum Gasteiger partial charge on any atom is -0.325 e. The highest BCUT2D eigenvalue weighted by Crippen LogP contribution is 2.39. The number of hydrogen-bond donors (Lipinski definition) is 1. The predicted molar refractivity (Wildman–Crippen MR) is 116 cm³/mol. The third kappa shape index (κ3) is 4.47. The van der Waals surface area contributed by atoms with Crippen molar-refractivity contribution in [3.05, 3.63) is 63.7 Å². The van der Waals surface area contributed by atoms with Crippen LogP contribution >= 0.6 is 23.4 Å². The molecule has 1 aliphatic heterocycles. The van der Waals surface area contributed by atoms with Gasteiger partial charge in [-0.25, -0.2) is 4.99 Å². The van der Waals surface area contributed by atoms with Crippen molar-refractivity contribution in [1.82, 2.24) is 4.90 Å². The Morgan fingerprint density at radius 1 is 1.27 bits per heavy atom. The zero-order valence-corrected chi connectivity index (χ0v) is 17.2. The van der Waals surface area contributed by atoms with Crippen molar-refractivity contribution in [3.63, 3.8) is 0 Å². The highest BCUT2D eigenvalue weighted by atomic mass is 35.5. The summed E-state index contributed by atoms with van der Waals surface area (Å²) in [5, 5.41) is 13.7. The quantitative estimate of drug-likeness (QED) is 0.526. The molecule has 2 fully saturated rings. The van der Waals surface area contributed by atoms with Crippen LogP contribution < -0.4 is 5.32 Å². The number of carbonyl (C=O) groups is 2. The first kappa shape index (κ1) is 20.4. The predicted octanol–water partition coefficient (Wildman–Crippen LogP) is 4.37. The highest BCUT2D eigenvalue weighted by Gasteiger charge is 2.46. The first-order chi connectivity index (χ1) is 14.4. The molecular formula is C20H17ClN4O4S. The van der Waals surface area contributed by atoms with E-state index in [2.05, 4.69) is 10.3 Å². The molecule has 2 aliphatic rings. The molecule has 0 bridgehead atoms. The van der Waals surface area contributed by atoms with Crippen LogP contribution in [0.2, 0.25) is 5.02 Å². The molecule has 1 atom stereocenters. The Morgan fingerprint density at radius 3 is 2.67 bits per heavy atom. The van der Waals surface area contributed by atoms with E-state index in [0.717, 1.165) is 18.5 Å². The molecule has 1 unspecified atom stereocenters. The van der Waals surface area contributed by atoms with E-state index in [1.165, 1.54) is 30.0 Å². The number of nitrogens with one attached hydrogen (secondary N) is 1. The maximum atomic E-state index is 12.9. The Morgan fingerprint density at radius 2 is 2.00 bits per heavy atom. The summed E-state index contributed by atoms with van der Waals surface area (Å²) in [5.74, 6) is -0.586. The van der Waals surface area contributed by atoms with Crippen LogP contribution in [0.15, 0.2) is 53.5 Å². The van der Waals surface area contributed by atoms with Crippen molar-refractivity contribution in [2.75, 3.05) is 5.32 Å². The number of hydrogen-bond acceptors (Lipinski definition) is 6. The fraction of sp³-hybridized carbons (Fsp3) is 0.250. The van der Waals surface area contributed by atoms with Crippen LogP contribution in [-0.2, 0) is 9.59 Å². The molecule has 1 saturated heterocycles. The average Bonchev–Trinajstić information content (AvgIpc) is 3.50. The maximum Gasteiger partial charge on any atom is 0.271 e. The molecule has 4 rings (SSSR count). The van der Waals surface area contributed by atoms with Gasteiger partial charge in [0.15, 0.2) is 5.17 Å². The fourth-order valence-corrected chi connectivity index (χ4v) is 4.45. The second kappa shape index (κ2) is 8.45. The van der Waals surface area contributed by atoms with Crippen molar-refractivity contribution in [2.24, 2.45) is 4.99 Å². The van der Waals surface area contributed by atoms with E-state index in [-0.39, 0.29) is 34.8 Å². The summed E-state index contributed by atoms with van der Waals surface area (Å²) in [4.78, 5) is 42.1. The number of thioether (sulfide) groups is 1. The Balaban J connectivity index is 1.49. The second-order valence-electron chi connectivity index (χ2n) is 6.95. The number of non-ortho nitro benzene ring substituents is 1. The van der Waals surface area contributed by atoms with Gasteiger partial charge in [-0.05, 0) is 31.0 Å². The van der Waals surface area contributed by atoms with Gasteiger partial charge in [-0.15, -0.1) is 0 Å². The van der Waals surface area contributed by atoms with Gasteiger partial charge in [0.1, 0.15) is 5.25 Å². The molecule has 0 spiro atoms. The van der Waals surface area contributed by atoms with Gasteiger partial charge in [0.25, 0.3) is 5.69 Å². The number of amidine groups is 1. The molecule has 2 aromatic carbocycles. The molecule has 10 heteroatoms. The third-order valence-electron chi connectivity index (χ3n) is 4.67. The first-order valence-electron chi connectivity index (χ1n) is 9.29. The fourth-order valence-electron chi connectivity index (χ4n) is 3.07. The number of nitro groups is 1. The van der Waals surface area contributed by atoms with Gasteiger partial charge in [-0.2, -0.15) is 0 Å². The minimum absolute atomic E-state index is 0.0838. The van der Waals surface area contributed by atoms with E-state index in [1.54, 1.807) is 4.90 Å². The van der Waals surface area contributed by atoms with Crippen molar-refractivity contribution in [1.29, 1.82) is 0 Å². The number of amides is 2. The molecular weight excluding hydrogens is 428 g/mol. The molecule has 1 saturated carbocycles. The summed E-state index contributed by atoms with van der Waals surface area (Å²) in [6.07, 6.45) is 1.75.